The largest absolute Gasteiger partial charge is 0.364 e. The van der Waals surface area contributed by atoms with Crippen molar-refractivity contribution in [1.82, 2.24) is 9.55 Å². The Bertz CT molecular complexity index is 289. The van der Waals surface area contributed by atoms with Crippen LogP contribution in [0.1, 0.15) is 43.2 Å². The molecule has 13 heavy (non-hydrogen) atoms. The first-order valence-electron chi connectivity index (χ1n) is 4.52. The number of aromatic nitrogens is 2. The van der Waals surface area contributed by atoms with Crippen LogP contribution in [-0.2, 0) is 0 Å². The minimum atomic E-state index is -0.468. The van der Waals surface area contributed by atoms with E-state index in [2.05, 4.69) is 18.8 Å². The third kappa shape index (κ3) is 2.08. The molecule has 4 nitrogen and oxygen atoms in total. The van der Waals surface area contributed by atoms with Gasteiger partial charge in [0.15, 0.2) is 0 Å². The smallest absolute Gasteiger partial charge is 0.268 e. The average molecular weight is 181 g/mol. The van der Waals surface area contributed by atoms with Crippen LogP contribution < -0.4 is 5.73 Å². The van der Waals surface area contributed by atoms with Gasteiger partial charge < -0.3 is 10.3 Å². The summed E-state index contributed by atoms with van der Waals surface area (Å²) in [4.78, 5) is 14.7. The Morgan fingerprint density at radius 1 is 1.62 bits per heavy atom. The highest BCUT2D eigenvalue weighted by Crippen LogP contribution is 2.15. The molecular formula is C9H15N3O. The quantitative estimate of drug-likeness (QED) is 0.762. The van der Waals surface area contributed by atoms with Crippen LogP contribution in [0.25, 0.3) is 0 Å². The number of hydrogen-bond acceptors (Lipinski definition) is 2. The Hall–Kier alpha value is -1.32. The van der Waals surface area contributed by atoms with Gasteiger partial charge in [-0.25, -0.2) is 4.98 Å². The number of hydrogen-bond donors (Lipinski definition) is 1. The van der Waals surface area contributed by atoms with Crippen LogP contribution in [0.4, 0.5) is 0 Å². The maximum Gasteiger partial charge on any atom is 0.268 e. The second-order valence-electron chi connectivity index (χ2n) is 3.04. The summed E-state index contributed by atoms with van der Waals surface area (Å²) in [6.07, 6.45) is 5.44. The summed E-state index contributed by atoms with van der Waals surface area (Å²) < 4.78 is 1.94. The molecule has 0 bridgehead atoms. The molecule has 1 rings (SSSR count). The molecule has 0 spiro atoms. The van der Waals surface area contributed by atoms with Crippen LogP contribution in [-0.4, -0.2) is 15.5 Å². The van der Waals surface area contributed by atoms with E-state index in [0.717, 1.165) is 12.8 Å². The lowest BCUT2D eigenvalue weighted by Crippen LogP contribution is -2.11. The van der Waals surface area contributed by atoms with Gasteiger partial charge in [-0.05, 0) is 12.8 Å². The van der Waals surface area contributed by atoms with E-state index < -0.39 is 5.91 Å². The van der Waals surface area contributed by atoms with Crippen LogP contribution in [0.5, 0.6) is 0 Å². The molecule has 0 aromatic carbocycles. The van der Waals surface area contributed by atoms with E-state index in [-0.39, 0.29) is 0 Å². The Morgan fingerprint density at radius 2 is 2.23 bits per heavy atom. The van der Waals surface area contributed by atoms with E-state index in [1.54, 1.807) is 12.5 Å². The maximum absolute atomic E-state index is 10.8. The Kier molecular flexibility index (Phi) is 3.06. The predicted molar refractivity (Wildman–Crippen MR) is 50.4 cm³/mol. The van der Waals surface area contributed by atoms with Gasteiger partial charge >= 0.3 is 0 Å². The van der Waals surface area contributed by atoms with Gasteiger partial charge in [0.1, 0.15) is 5.69 Å². The normalized spacial score (nSPS) is 10.7. The average Bonchev–Trinajstić information content (AvgIpc) is 2.56. The number of rotatable bonds is 4. The molecule has 0 saturated heterocycles. The van der Waals surface area contributed by atoms with E-state index in [0.29, 0.717) is 11.7 Å². The Balaban J connectivity index is 2.84. The van der Waals surface area contributed by atoms with Gasteiger partial charge in [0, 0.05) is 12.2 Å². The summed E-state index contributed by atoms with van der Waals surface area (Å²) in [6.45, 7) is 4.22. The molecule has 2 N–H and O–H groups in total. The van der Waals surface area contributed by atoms with Crippen molar-refractivity contribution in [2.75, 3.05) is 0 Å². The molecule has 4 heteroatoms. The second-order valence-corrected chi connectivity index (χ2v) is 3.04. The molecule has 0 unspecified atom stereocenters. The predicted octanol–water partition coefficient (Wildman–Crippen LogP) is 1.34. The minimum absolute atomic E-state index is 0.340. The third-order valence-electron chi connectivity index (χ3n) is 2.22. The van der Waals surface area contributed by atoms with Gasteiger partial charge in [-0.2, -0.15) is 0 Å². The molecule has 1 amide bonds. The summed E-state index contributed by atoms with van der Waals surface area (Å²) in [7, 11) is 0. The highest BCUT2D eigenvalue weighted by atomic mass is 16.1. The van der Waals surface area contributed by atoms with E-state index >= 15 is 0 Å². The maximum atomic E-state index is 10.8. The summed E-state index contributed by atoms with van der Waals surface area (Å²) >= 11 is 0. The Labute approximate surface area is 77.8 Å². The first kappa shape index (κ1) is 9.77. The van der Waals surface area contributed by atoms with Crippen LogP contribution >= 0.6 is 0 Å². The van der Waals surface area contributed by atoms with Crippen molar-refractivity contribution in [2.24, 2.45) is 5.73 Å². The number of nitrogens with zero attached hydrogens (tertiary/aromatic N) is 2. The molecule has 1 aromatic heterocycles. The van der Waals surface area contributed by atoms with Gasteiger partial charge in [0.25, 0.3) is 5.91 Å². The SMILES string of the molecule is CCC(CC)n1cnc(C(N)=O)c1. The van der Waals surface area contributed by atoms with E-state index in [9.17, 15) is 4.79 Å². The number of imidazole rings is 1. The van der Waals surface area contributed by atoms with Gasteiger partial charge in [-0.3, -0.25) is 4.79 Å². The van der Waals surface area contributed by atoms with Gasteiger partial charge in [-0.1, -0.05) is 13.8 Å². The second kappa shape index (κ2) is 4.07. The number of nitrogens with two attached hydrogens (primary N) is 1. The molecule has 1 heterocycles. The summed E-state index contributed by atoms with van der Waals surface area (Å²) in [5.74, 6) is -0.468. The molecular weight excluding hydrogens is 166 g/mol. The monoisotopic (exact) mass is 181 g/mol. The van der Waals surface area contributed by atoms with Crippen LogP contribution in [0, 0.1) is 0 Å². The van der Waals surface area contributed by atoms with Crippen molar-refractivity contribution >= 4 is 5.91 Å². The molecule has 0 saturated carbocycles. The van der Waals surface area contributed by atoms with Crippen molar-refractivity contribution in [3.8, 4) is 0 Å². The summed E-state index contributed by atoms with van der Waals surface area (Å²) in [5.41, 5.74) is 5.44. The topological polar surface area (TPSA) is 60.9 Å². The van der Waals surface area contributed by atoms with Crippen LogP contribution in [0.15, 0.2) is 12.5 Å². The van der Waals surface area contributed by atoms with Gasteiger partial charge in [0.2, 0.25) is 0 Å². The zero-order chi connectivity index (χ0) is 9.84. The molecule has 72 valence electrons. The highest BCUT2D eigenvalue weighted by Gasteiger charge is 2.09. The summed E-state index contributed by atoms with van der Waals surface area (Å²) in [5, 5.41) is 0. The van der Waals surface area contributed by atoms with Crippen molar-refractivity contribution < 1.29 is 4.79 Å². The van der Waals surface area contributed by atoms with Crippen molar-refractivity contribution in [3.63, 3.8) is 0 Å². The minimum Gasteiger partial charge on any atom is -0.364 e. The van der Waals surface area contributed by atoms with E-state index in [1.165, 1.54) is 0 Å². The van der Waals surface area contributed by atoms with E-state index in [1.807, 2.05) is 4.57 Å². The van der Waals surface area contributed by atoms with Crippen molar-refractivity contribution in [3.05, 3.63) is 18.2 Å². The third-order valence-corrected chi connectivity index (χ3v) is 2.22. The molecule has 0 radical (unpaired) electrons. The van der Waals surface area contributed by atoms with E-state index in [4.69, 9.17) is 5.73 Å². The molecule has 0 aliphatic rings. The van der Waals surface area contributed by atoms with Crippen molar-refractivity contribution in [1.29, 1.82) is 0 Å². The lowest BCUT2D eigenvalue weighted by molar-refractivity contribution is 0.0996. The molecule has 0 aliphatic carbocycles. The number of carbonyl (C=O) groups is 1. The molecule has 0 atom stereocenters. The Morgan fingerprint density at radius 3 is 2.62 bits per heavy atom. The fourth-order valence-electron chi connectivity index (χ4n) is 1.37. The molecule has 0 fully saturated rings. The fraction of sp³-hybridized carbons (Fsp3) is 0.556. The lowest BCUT2D eigenvalue weighted by atomic mass is 10.2. The van der Waals surface area contributed by atoms with Gasteiger partial charge in [0.05, 0.1) is 6.33 Å². The van der Waals surface area contributed by atoms with Crippen LogP contribution in [0.3, 0.4) is 0 Å². The first-order chi connectivity index (χ1) is 6.19. The zero-order valence-corrected chi connectivity index (χ0v) is 8.03. The zero-order valence-electron chi connectivity index (χ0n) is 8.03. The highest BCUT2D eigenvalue weighted by molar-refractivity contribution is 5.90. The fourth-order valence-corrected chi connectivity index (χ4v) is 1.37. The van der Waals surface area contributed by atoms with Crippen molar-refractivity contribution in [2.45, 2.75) is 32.7 Å². The van der Waals surface area contributed by atoms with Crippen LogP contribution in [0.2, 0.25) is 0 Å². The number of carbonyl (C=O) groups excluding carboxylic acids is 1. The summed E-state index contributed by atoms with van der Waals surface area (Å²) in [6, 6.07) is 0.417. The molecule has 0 aliphatic heterocycles. The lowest BCUT2D eigenvalue weighted by Gasteiger charge is -2.12. The molecule has 1 aromatic rings. The number of amides is 1. The first-order valence-corrected chi connectivity index (χ1v) is 4.52. The van der Waals surface area contributed by atoms with Gasteiger partial charge in [-0.15, -0.1) is 0 Å². The standard InChI is InChI=1S/C9H15N3O/c1-3-7(4-2)12-5-8(9(10)13)11-6-12/h5-7H,3-4H2,1-2H3,(H2,10,13). The number of primary amides is 1.